The van der Waals surface area contributed by atoms with Crippen LogP contribution in [-0.4, -0.2) is 11.4 Å². The Kier molecular flexibility index (Phi) is 3.64. The number of halogens is 2. The Morgan fingerprint density at radius 2 is 2.00 bits per heavy atom. The van der Waals surface area contributed by atoms with Gasteiger partial charge in [0.1, 0.15) is 5.82 Å². The first-order valence-electron chi connectivity index (χ1n) is 6.66. The van der Waals surface area contributed by atoms with E-state index in [9.17, 15) is 4.39 Å². The molecule has 1 aliphatic heterocycles. The van der Waals surface area contributed by atoms with Crippen molar-refractivity contribution in [3.63, 3.8) is 0 Å². The zero-order valence-electron chi connectivity index (χ0n) is 11.1. The molecule has 0 spiro atoms. The van der Waals surface area contributed by atoms with Gasteiger partial charge in [-0.05, 0) is 29.7 Å². The summed E-state index contributed by atoms with van der Waals surface area (Å²) < 4.78 is 13.9. The number of nitrogens with zero attached hydrogens (tertiary/aromatic N) is 1. The molecule has 20 heavy (non-hydrogen) atoms. The van der Waals surface area contributed by atoms with Crippen LogP contribution >= 0.6 is 11.6 Å². The molecular formula is C16H16ClFN2. The van der Waals surface area contributed by atoms with Crippen LogP contribution in [0.2, 0.25) is 5.02 Å². The van der Waals surface area contributed by atoms with E-state index in [4.69, 9.17) is 17.3 Å². The van der Waals surface area contributed by atoms with Gasteiger partial charge in [-0.25, -0.2) is 4.39 Å². The summed E-state index contributed by atoms with van der Waals surface area (Å²) in [7, 11) is 0. The normalized spacial score (nSPS) is 15.1. The fourth-order valence-corrected chi connectivity index (χ4v) is 2.90. The molecule has 4 heteroatoms. The lowest BCUT2D eigenvalue weighted by atomic mass is 9.98. The number of benzene rings is 2. The third kappa shape index (κ3) is 2.51. The van der Waals surface area contributed by atoms with Crippen LogP contribution in [0.15, 0.2) is 36.4 Å². The third-order valence-corrected chi connectivity index (χ3v) is 4.11. The topological polar surface area (TPSA) is 29.3 Å². The number of hydrogen-bond acceptors (Lipinski definition) is 2. The molecule has 0 amide bonds. The average molecular weight is 291 g/mol. The van der Waals surface area contributed by atoms with E-state index >= 15 is 0 Å². The van der Waals surface area contributed by atoms with Crippen LogP contribution in [0.5, 0.6) is 0 Å². The van der Waals surface area contributed by atoms with Gasteiger partial charge in [-0.2, -0.15) is 0 Å². The third-order valence-electron chi connectivity index (χ3n) is 3.81. The summed E-state index contributed by atoms with van der Waals surface area (Å²) >= 11 is 5.82. The van der Waals surface area contributed by atoms with E-state index in [-0.39, 0.29) is 10.8 Å². The van der Waals surface area contributed by atoms with E-state index in [1.54, 1.807) is 18.2 Å². The van der Waals surface area contributed by atoms with Crippen molar-refractivity contribution in [2.75, 3.05) is 12.3 Å². The van der Waals surface area contributed by atoms with Crippen LogP contribution in [0, 0.1) is 5.82 Å². The van der Waals surface area contributed by atoms with Gasteiger partial charge < -0.3 is 5.73 Å². The molecule has 0 saturated heterocycles. The van der Waals surface area contributed by atoms with Crippen LogP contribution in [0.25, 0.3) is 0 Å². The monoisotopic (exact) mass is 290 g/mol. The standard InChI is InChI=1S/C16H16ClFN2/c17-14-5-1-4-12(16(14)18)9-20-8-7-11-3-2-6-15(19)13(11)10-20/h1-6H,7-10,19H2. The molecule has 104 valence electrons. The largest absolute Gasteiger partial charge is 0.398 e. The summed E-state index contributed by atoms with van der Waals surface area (Å²) in [6.07, 6.45) is 0.947. The van der Waals surface area contributed by atoms with Crippen LogP contribution in [0.3, 0.4) is 0 Å². The molecule has 2 aromatic carbocycles. The highest BCUT2D eigenvalue weighted by Gasteiger charge is 2.19. The van der Waals surface area contributed by atoms with Crippen molar-refractivity contribution >= 4 is 17.3 Å². The minimum atomic E-state index is -0.319. The molecule has 0 radical (unpaired) electrons. The molecular weight excluding hydrogens is 275 g/mol. The lowest BCUT2D eigenvalue weighted by Gasteiger charge is -2.29. The Balaban J connectivity index is 1.81. The molecule has 0 fully saturated rings. The van der Waals surface area contributed by atoms with Gasteiger partial charge in [0, 0.05) is 30.9 Å². The molecule has 2 aromatic rings. The van der Waals surface area contributed by atoms with Crippen molar-refractivity contribution in [1.82, 2.24) is 4.90 Å². The summed E-state index contributed by atoms with van der Waals surface area (Å²) in [5.41, 5.74) is 9.95. The average Bonchev–Trinajstić information content (AvgIpc) is 2.45. The van der Waals surface area contributed by atoms with Gasteiger partial charge in [-0.15, -0.1) is 0 Å². The molecule has 0 saturated carbocycles. The predicted molar refractivity (Wildman–Crippen MR) is 80.1 cm³/mol. The molecule has 0 bridgehead atoms. The second-order valence-corrected chi connectivity index (χ2v) is 5.57. The Morgan fingerprint density at radius 3 is 2.85 bits per heavy atom. The fourth-order valence-electron chi connectivity index (χ4n) is 2.71. The van der Waals surface area contributed by atoms with E-state index < -0.39 is 0 Å². The van der Waals surface area contributed by atoms with E-state index in [1.807, 2.05) is 12.1 Å². The lowest BCUT2D eigenvalue weighted by Crippen LogP contribution is -2.31. The maximum atomic E-state index is 13.9. The Bertz CT molecular complexity index is 642. The highest BCUT2D eigenvalue weighted by molar-refractivity contribution is 6.30. The molecule has 1 aliphatic rings. The quantitative estimate of drug-likeness (QED) is 0.856. The van der Waals surface area contributed by atoms with Crippen LogP contribution in [0.4, 0.5) is 10.1 Å². The fraction of sp³-hybridized carbons (Fsp3) is 0.250. The first-order chi connectivity index (χ1) is 9.65. The molecule has 0 atom stereocenters. The maximum Gasteiger partial charge on any atom is 0.146 e. The van der Waals surface area contributed by atoms with E-state index in [0.29, 0.717) is 12.1 Å². The van der Waals surface area contributed by atoms with Crippen LogP contribution in [-0.2, 0) is 19.5 Å². The van der Waals surface area contributed by atoms with Crippen molar-refractivity contribution in [2.45, 2.75) is 19.5 Å². The Hall–Kier alpha value is -1.58. The zero-order chi connectivity index (χ0) is 14.1. The van der Waals surface area contributed by atoms with Crippen molar-refractivity contribution in [2.24, 2.45) is 0 Å². The van der Waals surface area contributed by atoms with Gasteiger partial charge >= 0.3 is 0 Å². The van der Waals surface area contributed by atoms with Gasteiger partial charge in [0.25, 0.3) is 0 Å². The molecule has 0 aliphatic carbocycles. The number of fused-ring (bicyclic) bond motifs is 1. The zero-order valence-corrected chi connectivity index (χ0v) is 11.8. The predicted octanol–water partition coefficient (Wildman–Crippen LogP) is 3.62. The second kappa shape index (κ2) is 5.43. The summed E-state index contributed by atoms with van der Waals surface area (Å²) in [6.45, 7) is 2.22. The summed E-state index contributed by atoms with van der Waals surface area (Å²) in [5, 5.41) is 0.180. The summed E-state index contributed by atoms with van der Waals surface area (Å²) in [5.74, 6) is -0.319. The number of anilines is 1. The molecule has 0 aromatic heterocycles. The van der Waals surface area contributed by atoms with E-state index in [2.05, 4.69) is 11.0 Å². The van der Waals surface area contributed by atoms with Gasteiger partial charge in [-0.1, -0.05) is 35.9 Å². The van der Waals surface area contributed by atoms with Crippen molar-refractivity contribution in [3.05, 3.63) is 63.9 Å². The number of nitrogen functional groups attached to an aromatic ring is 1. The number of hydrogen-bond donors (Lipinski definition) is 1. The van der Waals surface area contributed by atoms with E-state index in [1.165, 1.54) is 11.1 Å². The summed E-state index contributed by atoms with van der Waals surface area (Å²) in [4.78, 5) is 2.20. The molecule has 3 rings (SSSR count). The van der Waals surface area contributed by atoms with Gasteiger partial charge in [0.05, 0.1) is 5.02 Å². The van der Waals surface area contributed by atoms with Crippen LogP contribution < -0.4 is 5.73 Å². The molecule has 2 N–H and O–H groups in total. The SMILES string of the molecule is Nc1cccc2c1CN(Cc1cccc(Cl)c1F)CC2. The maximum absolute atomic E-state index is 13.9. The minimum absolute atomic E-state index is 0.180. The molecule has 2 nitrogen and oxygen atoms in total. The van der Waals surface area contributed by atoms with Crippen molar-refractivity contribution < 1.29 is 4.39 Å². The van der Waals surface area contributed by atoms with Crippen molar-refractivity contribution in [1.29, 1.82) is 0 Å². The van der Waals surface area contributed by atoms with Gasteiger partial charge in [-0.3, -0.25) is 4.90 Å². The first-order valence-corrected chi connectivity index (χ1v) is 7.04. The number of rotatable bonds is 2. The van der Waals surface area contributed by atoms with Crippen LogP contribution in [0.1, 0.15) is 16.7 Å². The van der Waals surface area contributed by atoms with Gasteiger partial charge in [0.2, 0.25) is 0 Å². The minimum Gasteiger partial charge on any atom is -0.398 e. The molecule has 1 heterocycles. The van der Waals surface area contributed by atoms with Gasteiger partial charge in [0.15, 0.2) is 0 Å². The van der Waals surface area contributed by atoms with E-state index in [0.717, 1.165) is 25.2 Å². The smallest absolute Gasteiger partial charge is 0.146 e. The van der Waals surface area contributed by atoms with Crippen molar-refractivity contribution in [3.8, 4) is 0 Å². The highest BCUT2D eigenvalue weighted by Crippen LogP contribution is 2.26. The Labute approximate surface area is 123 Å². The first kappa shape index (κ1) is 13.4. The second-order valence-electron chi connectivity index (χ2n) is 5.16. The number of nitrogens with two attached hydrogens (primary N) is 1. The Morgan fingerprint density at radius 1 is 1.20 bits per heavy atom. The molecule has 0 unspecified atom stereocenters. The summed E-state index contributed by atoms with van der Waals surface area (Å²) in [6, 6.07) is 11.2. The lowest BCUT2D eigenvalue weighted by molar-refractivity contribution is 0.243. The highest BCUT2D eigenvalue weighted by atomic mass is 35.5.